The minimum absolute atomic E-state index is 0.491. The molecule has 3 rings (SSSR count). The summed E-state index contributed by atoms with van der Waals surface area (Å²) in [6.45, 7) is 17.7. The van der Waals surface area contributed by atoms with Gasteiger partial charge in [0.25, 0.3) is 0 Å². The zero-order valence-corrected chi connectivity index (χ0v) is 37.4. The van der Waals surface area contributed by atoms with Crippen molar-refractivity contribution in [2.24, 2.45) is 5.11 Å². The quantitative estimate of drug-likeness (QED) is 0.0557. The largest absolute Gasteiger partial charge is 0.444 e. The molecule has 26 heteroatoms. The summed E-state index contributed by atoms with van der Waals surface area (Å²) in [5, 5.41) is 80.4. The number of hydrogen-bond donors (Lipinski definition) is 10. The third-order valence-corrected chi connectivity index (χ3v) is 8.69. The van der Waals surface area contributed by atoms with Crippen molar-refractivity contribution in [3.05, 3.63) is 10.4 Å². The second-order valence-electron chi connectivity index (χ2n) is 19.0. The molecule has 0 aliphatic carbocycles. The Hall–Kier alpha value is -4.05. The maximum Gasteiger partial charge on any atom is 0.409 e. The van der Waals surface area contributed by atoms with Crippen molar-refractivity contribution in [2.75, 3.05) is 13.1 Å². The van der Waals surface area contributed by atoms with Gasteiger partial charge in [-0.25, -0.2) is 19.2 Å². The first-order chi connectivity index (χ1) is 28.8. The van der Waals surface area contributed by atoms with Crippen molar-refractivity contribution < 1.29 is 92.4 Å². The number of aliphatic hydroxyl groups excluding tert-OH is 6. The number of azide groups is 1. The molecule has 0 radical (unpaired) electrons. The average molecular weight is 912 g/mol. The summed E-state index contributed by atoms with van der Waals surface area (Å²) in [4.78, 5) is 54.3. The number of hydrogen-bond acceptors (Lipinski definition) is 20. The lowest BCUT2D eigenvalue weighted by Crippen LogP contribution is -2.71. The number of nitrogens with one attached hydrogen (secondary N) is 4. The smallest absolute Gasteiger partial charge is 0.409 e. The lowest BCUT2D eigenvalue weighted by molar-refractivity contribution is -0.359. The molecule has 3 saturated heterocycles. The number of amides is 4. The first-order valence-electron chi connectivity index (χ1n) is 20.1. The Balaban J connectivity index is 2.08. The van der Waals surface area contributed by atoms with Crippen molar-refractivity contribution in [1.29, 1.82) is 0 Å². The predicted octanol–water partition coefficient (Wildman–Crippen LogP) is -0.168. The predicted molar refractivity (Wildman–Crippen MR) is 212 cm³/mol. The van der Waals surface area contributed by atoms with Gasteiger partial charge in [-0.2, -0.15) is 0 Å². The maximum atomic E-state index is 13.2. The van der Waals surface area contributed by atoms with Crippen molar-refractivity contribution >= 4 is 24.4 Å². The van der Waals surface area contributed by atoms with Gasteiger partial charge in [-0.15, -0.1) is 0 Å². The van der Waals surface area contributed by atoms with Crippen LogP contribution < -0.4 is 21.3 Å². The number of rotatable bonds is 11. The number of aliphatic hydroxyl groups is 6. The third kappa shape index (κ3) is 16.5. The van der Waals surface area contributed by atoms with Gasteiger partial charge in [-0.3, -0.25) is 10.6 Å². The van der Waals surface area contributed by atoms with Crippen LogP contribution in [0.25, 0.3) is 10.4 Å². The molecule has 3 aliphatic heterocycles. The van der Waals surface area contributed by atoms with E-state index in [2.05, 4.69) is 31.3 Å². The molecule has 0 aromatic rings. The van der Waals surface area contributed by atoms with Crippen LogP contribution in [0.5, 0.6) is 0 Å². The highest BCUT2D eigenvalue weighted by molar-refractivity contribution is 5.69. The van der Waals surface area contributed by atoms with E-state index in [0.717, 1.165) is 0 Å². The highest BCUT2D eigenvalue weighted by Crippen LogP contribution is 2.33. The molecule has 15 atom stereocenters. The second kappa shape index (κ2) is 21.3. The SMILES string of the molecule is CC(C)(C)OC(=O)NCC1O[C@H](O[C@@H]2C(NC(=O)OC(C)(C)C)O[C@@H](NC(=O)OC(C)(C)C)[C@@H](O[C@H]3OC(CN=[N+]=[N-])[C@@H](O)[C@@H](NC(=O)OC(C)(C)C)C3O)C2O)[C@@H](O)C(O)[C@@H]1O. The van der Waals surface area contributed by atoms with Crippen LogP contribution in [0.1, 0.15) is 83.1 Å². The van der Waals surface area contributed by atoms with E-state index in [-0.39, 0.29) is 0 Å². The Morgan fingerprint density at radius 3 is 1.40 bits per heavy atom. The van der Waals surface area contributed by atoms with E-state index < -0.39 is 152 Å². The average Bonchev–Trinajstić information content (AvgIpc) is 3.10. The highest BCUT2D eigenvalue weighted by Gasteiger charge is 2.55. The van der Waals surface area contributed by atoms with E-state index in [9.17, 15) is 49.8 Å². The first-order valence-corrected chi connectivity index (χ1v) is 20.1. The Labute approximate surface area is 364 Å². The highest BCUT2D eigenvalue weighted by atomic mass is 16.7. The van der Waals surface area contributed by atoms with E-state index in [1.165, 1.54) is 0 Å². The standard InChI is InChI=1S/C37H65N7O19/c1-34(2,3)60-30(51)39-13-15-19(46)21(48)22(49)29(55-15)58-25-23(50)24(26(42-32(53)62-36(7,8)9)59-27(25)43-33(54)63-37(10,11)12)57-28-20(47)17(41-31(52)61-35(4,5)6)18(45)16(56-28)14-40-44-38/h15-29,45-50H,13-14H2,1-12H3,(H,39,51)(H,41,52)(H,42,53)(H,43,54)/t15?,16?,17-,18-,19-,20?,21?,22+,23?,24+,25+,26-,27?,28-,29-/m1/s1. The Morgan fingerprint density at radius 1 is 0.540 bits per heavy atom. The summed E-state index contributed by atoms with van der Waals surface area (Å²) in [5.41, 5.74) is 4.93. The van der Waals surface area contributed by atoms with E-state index in [1.54, 1.807) is 83.1 Å². The van der Waals surface area contributed by atoms with Crippen molar-refractivity contribution in [2.45, 2.75) is 198 Å². The van der Waals surface area contributed by atoms with Gasteiger partial charge in [0.2, 0.25) is 0 Å². The maximum absolute atomic E-state index is 13.2. The molecule has 10 N–H and O–H groups in total. The summed E-state index contributed by atoms with van der Waals surface area (Å²) in [6.07, 6.45) is -30.5. The van der Waals surface area contributed by atoms with Crippen LogP contribution in [0, 0.1) is 0 Å². The van der Waals surface area contributed by atoms with Crippen molar-refractivity contribution in [1.82, 2.24) is 21.3 Å². The molecule has 0 aromatic carbocycles. The van der Waals surface area contributed by atoms with E-state index in [4.69, 9.17) is 48.2 Å². The van der Waals surface area contributed by atoms with Crippen LogP contribution in [0.3, 0.4) is 0 Å². The van der Waals surface area contributed by atoms with Crippen LogP contribution in [0.4, 0.5) is 19.2 Å². The van der Waals surface area contributed by atoms with Gasteiger partial charge in [0.1, 0.15) is 77.3 Å². The van der Waals surface area contributed by atoms with E-state index >= 15 is 0 Å². The number of nitrogens with zero attached hydrogens (tertiary/aromatic N) is 3. The van der Waals surface area contributed by atoms with Crippen LogP contribution in [0.15, 0.2) is 5.11 Å². The Bertz CT molecular complexity index is 1610. The van der Waals surface area contributed by atoms with Gasteiger partial charge in [-0.05, 0) is 88.6 Å². The number of ether oxygens (including phenoxy) is 9. The minimum Gasteiger partial charge on any atom is -0.444 e. The molecule has 3 aliphatic rings. The van der Waals surface area contributed by atoms with Crippen molar-refractivity contribution in [3.63, 3.8) is 0 Å². The molecule has 0 saturated carbocycles. The van der Waals surface area contributed by atoms with E-state index in [1.807, 2.05) is 0 Å². The van der Waals surface area contributed by atoms with Gasteiger partial charge in [-0.1, -0.05) is 5.11 Å². The van der Waals surface area contributed by atoms with Gasteiger partial charge < -0.3 is 83.9 Å². The van der Waals surface area contributed by atoms with Gasteiger partial charge in [0.05, 0.1) is 18.7 Å². The molecule has 4 amide bonds. The molecule has 3 heterocycles. The second-order valence-corrected chi connectivity index (χ2v) is 19.0. The summed E-state index contributed by atoms with van der Waals surface area (Å²) >= 11 is 0. The van der Waals surface area contributed by atoms with Gasteiger partial charge in [0.15, 0.2) is 25.0 Å². The molecule has 362 valence electrons. The fourth-order valence-corrected chi connectivity index (χ4v) is 6.18. The number of carbonyl (C=O) groups excluding carboxylic acids is 4. The minimum atomic E-state index is -2.15. The van der Waals surface area contributed by atoms with Crippen molar-refractivity contribution in [3.8, 4) is 0 Å². The molecule has 3 fully saturated rings. The van der Waals surface area contributed by atoms with E-state index in [0.29, 0.717) is 0 Å². The van der Waals surface area contributed by atoms with Gasteiger partial charge >= 0.3 is 24.4 Å². The lowest BCUT2D eigenvalue weighted by Gasteiger charge is -2.49. The topological polar surface area (TPSA) is 370 Å². The molecule has 63 heavy (non-hydrogen) atoms. The van der Waals surface area contributed by atoms with Crippen LogP contribution >= 0.6 is 0 Å². The van der Waals surface area contributed by atoms with Crippen LogP contribution in [0.2, 0.25) is 0 Å². The summed E-state index contributed by atoms with van der Waals surface area (Å²) in [5.74, 6) is 0. The zero-order chi connectivity index (χ0) is 48.0. The number of alkyl carbamates (subject to hydrolysis) is 4. The molecule has 6 unspecified atom stereocenters. The fourth-order valence-electron chi connectivity index (χ4n) is 6.18. The molecular formula is C37H65N7O19. The number of carbonyl (C=O) groups is 4. The van der Waals surface area contributed by atoms with Crippen LogP contribution in [-0.2, 0) is 42.6 Å². The Morgan fingerprint density at radius 2 is 0.952 bits per heavy atom. The zero-order valence-electron chi connectivity index (χ0n) is 37.4. The Kier molecular flexibility index (Phi) is 18.0. The molecule has 0 aromatic heterocycles. The fraction of sp³-hybridized carbons (Fsp3) is 0.892. The summed E-state index contributed by atoms with van der Waals surface area (Å²) in [7, 11) is 0. The first kappa shape index (κ1) is 53.3. The van der Waals surface area contributed by atoms with Crippen LogP contribution in [-0.4, -0.2) is 183 Å². The molecule has 0 spiro atoms. The normalized spacial score (nSPS) is 34.0. The third-order valence-electron chi connectivity index (χ3n) is 8.69. The van der Waals surface area contributed by atoms with Gasteiger partial charge in [0, 0.05) is 11.5 Å². The summed E-state index contributed by atoms with van der Waals surface area (Å²) < 4.78 is 50.9. The lowest BCUT2D eigenvalue weighted by atomic mass is 9.95. The molecule has 26 nitrogen and oxygen atoms in total. The molecular weight excluding hydrogens is 846 g/mol. The monoisotopic (exact) mass is 911 g/mol. The molecule has 0 bridgehead atoms. The summed E-state index contributed by atoms with van der Waals surface area (Å²) in [6, 6.07) is -1.64.